The molecular formula is C8H17NO3. The van der Waals surface area contributed by atoms with Crippen molar-refractivity contribution in [2.45, 2.75) is 38.7 Å². The molecule has 0 bridgehead atoms. The molecule has 4 nitrogen and oxygen atoms in total. The lowest BCUT2D eigenvalue weighted by atomic mass is 10.1. The largest absolute Gasteiger partial charge is 0.446 e. The molecule has 0 saturated carbocycles. The Bertz CT molecular complexity index is 127. The number of rotatable bonds is 6. The van der Waals surface area contributed by atoms with Crippen LogP contribution in [-0.4, -0.2) is 23.9 Å². The Morgan fingerprint density at radius 3 is 2.67 bits per heavy atom. The number of carbonyl (C=O) groups is 1. The molecule has 0 spiro atoms. The third kappa shape index (κ3) is 5.97. The number of aliphatic hydroxyl groups excluding tert-OH is 1. The molecule has 0 aromatic rings. The van der Waals surface area contributed by atoms with E-state index in [2.05, 4.69) is 0 Å². The first-order valence-electron chi connectivity index (χ1n) is 4.27. The van der Waals surface area contributed by atoms with Gasteiger partial charge in [0.25, 0.3) is 0 Å². The molecule has 1 amide bonds. The number of hydrogen-bond donors (Lipinski definition) is 2. The Kier molecular flexibility index (Phi) is 6.47. The van der Waals surface area contributed by atoms with Gasteiger partial charge in [0.1, 0.15) is 6.10 Å². The van der Waals surface area contributed by atoms with Crippen molar-refractivity contribution in [3.63, 3.8) is 0 Å². The van der Waals surface area contributed by atoms with Gasteiger partial charge in [0, 0.05) is 6.61 Å². The summed E-state index contributed by atoms with van der Waals surface area (Å²) in [5.41, 5.74) is 4.87. The van der Waals surface area contributed by atoms with Gasteiger partial charge < -0.3 is 15.6 Å². The van der Waals surface area contributed by atoms with Crippen LogP contribution >= 0.6 is 0 Å². The molecule has 0 aromatic heterocycles. The molecule has 0 aromatic carbocycles. The first-order chi connectivity index (χ1) is 5.70. The highest BCUT2D eigenvalue weighted by Gasteiger charge is 2.10. The van der Waals surface area contributed by atoms with E-state index in [0.29, 0.717) is 12.8 Å². The van der Waals surface area contributed by atoms with Gasteiger partial charge in [-0.15, -0.1) is 0 Å². The van der Waals surface area contributed by atoms with E-state index >= 15 is 0 Å². The van der Waals surface area contributed by atoms with Gasteiger partial charge in [-0.25, -0.2) is 4.79 Å². The predicted molar refractivity (Wildman–Crippen MR) is 45.7 cm³/mol. The topological polar surface area (TPSA) is 72.6 Å². The molecule has 4 heteroatoms. The van der Waals surface area contributed by atoms with Crippen molar-refractivity contribution in [2.75, 3.05) is 6.61 Å². The summed E-state index contributed by atoms with van der Waals surface area (Å²) in [6.07, 6.45) is 2.24. The van der Waals surface area contributed by atoms with Crippen LogP contribution in [0, 0.1) is 0 Å². The van der Waals surface area contributed by atoms with Crippen molar-refractivity contribution in [1.29, 1.82) is 0 Å². The molecule has 0 saturated heterocycles. The summed E-state index contributed by atoms with van der Waals surface area (Å²) >= 11 is 0. The van der Waals surface area contributed by atoms with E-state index in [1.54, 1.807) is 0 Å². The normalized spacial score (nSPS) is 12.5. The van der Waals surface area contributed by atoms with Gasteiger partial charge in [0.2, 0.25) is 0 Å². The molecule has 0 aliphatic rings. The van der Waals surface area contributed by atoms with E-state index in [4.69, 9.17) is 15.6 Å². The predicted octanol–water partition coefficient (Wildman–Crippen LogP) is 1.02. The number of aliphatic hydroxyl groups is 1. The molecule has 72 valence electrons. The van der Waals surface area contributed by atoms with E-state index in [-0.39, 0.29) is 12.7 Å². The fourth-order valence-electron chi connectivity index (χ4n) is 1.07. The quantitative estimate of drug-likeness (QED) is 0.633. The lowest BCUT2D eigenvalue weighted by molar-refractivity contribution is 0.0899. The number of ether oxygens (including phenoxy) is 1. The van der Waals surface area contributed by atoms with Crippen molar-refractivity contribution in [3.05, 3.63) is 0 Å². The molecule has 1 unspecified atom stereocenters. The van der Waals surface area contributed by atoms with Crippen LogP contribution in [0.5, 0.6) is 0 Å². The molecule has 0 radical (unpaired) electrons. The Morgan fingerprint density at radius 2 is 2.25 bits per heavy atom. The second kappa shape index (κ2) is 6.91. The number of hydrogen-bond acceptors (Lipinski definition) is 3. The minimum Gasteiger partial charge on any atom is -0.446 e. The molecule has 0 aliphatic heterocycles. The fourth-order valence-corrected chi connectivity index (χ4v) is 1.07. The van der Waals surface area contributed by atoms with Crippen LogP contribution in [0.25, 0.3) is 0 Å². The minimum absolute atomic E-state index is 0.125. The van der Waals surface area contributed by atoms with Crippen molar-refractivity contribution in [2.24, 2.45) is 5.73 Å². The molecule has 12 heavy (non-hydrogen) atoms. The van der Waals surface area contributed by atoms with E-state index in [9.17, 15) is 4.79 Å². The highest BCUT2D eigenvalue weighted by molar-refractivity contribution is 5.64. The lowest BCUT2D eigenvalue weighted by Crippen LogP contribution is -2.22. The van der Waals surface area contributed by atoms with Crippen molar-refractivity contribution in [3.8, 4) is 0 Å². The standard InChI is InChI=1S/C8H17NO3/c1-2-4-7(5-3-6-10)12-8(9)11/h7,10H,2-6H2,1H3,(H2,9,11). The second-order valence-electron chi connectivity index (χ2n) is 2.71. The zero-order valence-corrected chi connectivity index (χ0v) is 7.45. The fraction of sp³-hybridized carbons (Fsp3) is 0.875. The van der Waals surface area contributed by atoms with Crippen molar-refractivity contribution >= 4 is 6.09 Å². The van der Waals surface area contributed by atoms with Crippen LogP contribution in [0.15, 0.2) is 0 Å². The molecule has 0 fully saturated rings. The zero-order valence-electron chi connectivity index (χ0n) is 7.45. The van der Waals surface area contributed by atoms with Crippen LogP contribution in [-0.2, 0) is 4.74 Å². The summed E-state index contributed by atoms with van der Waals surface area (Å²) in [6.45, 7) is 2.14. The maximum atomic E-state index is 10.4. The Labute approximate surface area is 72.7 Å². The van der Waals surface area contributed by atoms with E-state index in [0.717, 1.165) is 12.8 Å². The molecule has 0 aliphatic carbocycles. The summed E-state index contributed by atoms with van der Waals surface area (Å²) in [6, 6.07) is 0. The van der Waals surface area contributed by atoms with Gasteiger partial charge in [0.15, 0.2) is 0 Å². The Hall–Kier alpha value is -0.770. The van der Waals surface area contributed by atoms with Crippen LogP contribution in [0.2, 0.25) is 0 Å². The summed E-state index contributed by atoms with van der Waals surface area (Å²) in [5.74, 6) is 0. The highest BCUT2D eigenvalue weighted by Crippen LogP contribution is 2.08. The van der Waals surface area contributed by atoms with Crippen molar-refractivity contribution < 1.29 is 14.6 Å². The summed E-state index contributed by atoms with van der Waals surface area (Å²) in [5, 5.41) is 8.55. The lowest BCUT2D eigenvalue weighted by Gasteiger charge is -2.14. The maximum Gasteiger partial charge on any atom is 0.404 e. The average Bonchev–Trinajstić information content (AvgIpc) is 2.00. The van der Waals surface area contributed by atoms with E-state index < -0.39 is 6.09 Å². The van der Waals surface area contributed by atoms with Gasteiger partial charge >= 0.3 is 6.09 Å². The molecular weight excluding hydrogens is 158 g/mol. The van der Waals surface area contributed by atoms with E-state index in [1.165, 1.54) is 0 Å². The summed E-state index contributed by atoms with van der Waals surface area (Å²) < 4.78 is 4.82. The number of primary amides is 1. The van der Waals surface area contributed by atoms with Gasteiger partial charge in [0.05, 0.1) is 0 Å². The van der Waals surface area contributed by atoms with Gasteiger partial charge in [-0.1, -0.05) is 13.3 Å². The van der Waals surface area contributed by atoms with Gasteiger partial charge in [-0.3, -0.25) is 0 Å². The van der Waals surface area contributed by atoms with Crippen molar-refractivity contribution in [1.82, 2.24) is 0 Å². The molecule has 1 atom stereocenters. The van der Waals surface area contributed by atoms with Crippen LogP contribution in [0.4, 0.5) is 4.79 Å². The summed E-state index contributed by atoms with van der Waals surface area (Å²) in [7, 11) is 0. The first kappa shape index (κ1) is 11.2. The summed E-state index contributed by atoms with van der Waals surface area (Å²) in [4.78, 5) is 10.4. The molecule has 3 N–H and O–H groups in total. The minimum atomic E-state index is -0.730. The van der Waals surface area contributed by atoms with E-state index in [1.807, 2.05) is 6.92 Å². The van der Waals surface area contributed by atoms with Crippen LogP contribution in [0.1, 0.15) is 32.6 Å². The van der Waals surface area contributed by atoms with Gasteiger partial charge in [-0.2, -0.15) is 0 Å². The van der Waals surface area contributed by atoms with Gasteiger partial charge in [-0.05, 0) is 19.3 Å². The van der Waals surface area contributed by atoms with Crippen LogP contribution in [0.3, 0.4) is 0 Å². The highest BCUT2D eigenvalue weighted by atomic mass is 16.6. The number of amides is 1. The Balaban J connectivity index is 3.61. The number of nitrogens with two attached hydrogens (primary N) is 1. The molecule has 0 heterocycles. The third-order valence-electron chi connectivity index (χ3n) is 1.58. The Morgan fingerprint density at radius 1 is 1.58 bits per heavy atom. The smallest absolute Gasteiger partial charge is 0.404 e. The monoisotopic (exact) mass is 175 g/mol. The first-order valence-corrected chi connectivity index (χ1v) is 4.27. The number of carbonyl (C=O) groups excluding carboxylic acids is 1. The third-order valence-corrected chi connectivity index (χ3v) is 1.58. The SMILES string of the molecule is CCCC(CCCO)OC(N)=O. The second-order valence-corrected chi connectivity index (χ2v) is 2.71. The maximum absolute atomic E-state index is 10.4. The molecule has 0 rings (SSSR count). The zero-order chi connectivity index (χ0) is 9.40. The van der Waals surface area contributed by atoms with Crippen LogP contribution < -0.4 is 5.73 Å². The average molecular weight is 175 g/mol.